The summed E-state index contributed by atoms with van der Waals surface area (Å²) in [6, 6.07) is 12.7. The normalized spacial score (nSPS) is 11.6. The molecule has 7 heteroatoms. The van der Waals surface area contributed by atoms with E-state index in [1.54, 1.807) is 24.3 Å². The highest BCUT2D eigenvalue weighted by Crippen LogP contribution is 2.26. The second-order valence-corrected chi connectivity index (χ2v) is 9.41. The van der Waals surface area contributed by atoms with Crippen LogP contribution in [0.1, 0.15) is 24.0 Å². The van der Waals surface area contributed by atoms with Gasteiger partial charge in [-0.05, 0) is 50.1 Å². The molecule has 0 unspecified atom stereocenters. The zero-order valence-corrected chi connectivity index (χ0v) is 16.3. The van der Waals surface area contributed by atoms with E-state index in [0.29, 0.717) is 10.0 Å². The molecule has 0 atom stereocenters. The van der Waals surface area contributed by atoms with Gasteiger partial charge in [-0.3, -0.25) is 4.79 Å². The maximum Gasteiger partial charge on any atom is 0.226 e. The molecule has 26 heavy (non-hydrogen) atoms. The number of aromatic nitrogens is 1. The Morgan fingerprint density at radius 1 is 1.08 bits per heavy atom. The summed E-state index contributed by atoms with van der Waals surface area (Å²) in [4.78, 5) is 16.8. The lowest BCUT2D eigenvalue weighted by Crippen LogP contribution is -2.14. The molecule has 1 aromatic heterocycles. The van der Waals surface area contributed by atoms with Crippen LogP contribution in [0.2, 0.25) is 0 Å². The minimum absolute atomic E-state index is 0.0531. The van der Waals surface area contributed by atoms with Crippen molar-refractivity contribution in [2.24, 2.45) is 0 Å². The number of nitrogens with zero attached hydrogens (tertiary/aromatic N) is 1. The van der Waals surface area contributed by atoms with E-state index >= 15 is 0 Å². The van der Waals surface area contributed by atoms with Crippen LogP contribution < -0.4 is 5.32 Å². The van der Waals surface area contributed by atoms with Crippen molar-refractivity contribution in [3.05, 3.63) is 53.6 Å². The number of carbonyl (C=O) groups is 1. The SMILES string of the molecule is Cc1ccc(S(=O)(=O)CCCC(=O)Nc2nc3ccc(C)cc3s2)cc1. The highest BCUT2D eigenvalue weighted by molar-refractivity contribution is 7.91. The number of aryl methyl sites for hydroxylation is 2. The molecule has 1 heterocycles. The summed E-state index contributed by atoms with van der Waals surface area (Å²) in [6.07, 6.45) is 0.409. The summed E-state index contributed by atoms with van der Waals surface area (Å²) in [6.45, 7) is 3.91. The first-order valence-corrected chi connectivity index (χ1v) is 10.8. The Hall–Kier alpha value is -2.25. The summed E-state index contributed by atoms with van der Waals surface area (Å²) >= 11 is 1.42. The van der Waals surface area contributed by atoms with Crippen molar-refractivity contribution >= 4 is 42.4 Å². The predicted octanol–water partition coefficient (Wildman–Crippen LogP) is 4.11. The molecule has 0 radical (unpaired) electrons. The lowest BCUT2D eigenvalue weighted by molar-refractivity contribution is -0.116. The summed E-state index contributed by atoms with van der Waals surface area (Å²) in [7, 11) is -3.36. The van der Waals surface area contributed by atoms with Crippen LogP contribution in [0.3, 0.4) is 0 Å². The molecule has 1 N–H and O–H groups in total. The zero-order chi connectivity index (χ0) is 18.7. The van der Waals surface area contributed by atoms with Crippen LogP contribution in [0.15, 0.2) is 47.4 Å². The number of carbonyl (C=O) groups excluding carboxylic acids is 1. The third-order valence-corrected chi connectivity index (χ3v) is 6.74. The summed E-state index contributed by atoms with van der Waals surface area (Å²) < 4.78 is 25.6. The smallest absolute Gasteiger partial charge is 0.226 e. The van der Waals surface area contributed by atoms with Crippen LogP contribution in [-0.2, 0) is 14.6 Å². The van der Waals surface area contributed by atoms with Gasteiger partial charge in [-0.15, -0.1) is 0 Å². The Balaban J connectivity index is 1.55. The first-order chi connectivity index (χ1) is 12.3. The van der Waals surface area contributed by atoms with E-state index in [9.17, 15) is 13.2 Å². The number of amides is 1. The van der Waals surface area contributed by atoms with Crippen LogP contribution in [0.4, 0.5) is 5.13 Å². The van der Waals surface area contributed by atoms with Crippen molar-refractivity contribution in [2.45, 2.75) is 31.6 Å². The van der Waals surface area contributed by atoms with Crippen molar-refractivity contribution in [1.29, 1.82) is 0 Å². The van der Waals surface area contributed by atoms with E-state index in [2.05, 4.69) is 10.3 Å². The molecule has 5 nitrogen and oxygen atoms in total. The number of rotatable bonds is 6. The number of fused-ring (bicyclic) bond motifs is 1. The summed E-state index contributed by atoms with van der Waals surface area (Å²) in [5.74, 6) is -0.275. The van der Waals surface area contributed by atoms with Gasteiger partial charge in [0.05, 0.1) is 20.9 Å². The van der Waals surface area contributed by atoms with Crippen LogP contribution in [0, 0.1) is 13.8 Å². The number of thiazole rings is 1. The quantitative estimate of drug-likeness (QED) is 0.689. The highest BCUT2D eigenvalue weighted by atomic mass is 32.2. The molecule has 0 spiro atoms. The number of sulfone groups is 1. The van der Waals surface area contributed by atoms with Gasteiger partial charge in [-0.2, -0.15) is 0 Å². The Bertz CT molecular complexity index is 1040. The van der Waals surface area contributed by atoms with Crippen molar-refractivity contribution in [3.8, 4) is 0 Å². The molecule has 0 saturated carbocycles. The second kappa shape index (κ2) is 7.55. The maximum absolute atomic E-state index is 12.3. The molecular weight excluding hydrogens is 368 g/mol. The Morgan fingerprint density at radius 3 is 2.50 bits per heavy atom. The van der Waals surface area contributed by atoms with Crippen LogP contribution >= 0.6 is 11.3 Å². The van der Waals surface area contributed by atoms with E-state index in [1.165, 1.54) is 11.3 Å². The lowest BCUT2D eigenvalue weighted by Gasteiger charge is -2.05. The minimum atomic E-state index is -3.36. The third-order valence-electron chi connectivity index (χ3n) is 3.99. The average molecular weight is 389 g/mol. The van der Waals surface area contributed by atoms with Gasteiger partial charge in [0.1, 0.15) is 0 Å². The Morgan fingerprint density at radius 2 is 1.77 bits per heavy atom. The molecule has 3 rings (SSSR count). The molecule has 136 valence electrons. The molecule has 0 aliphatic rings. The van der Waals surface area contributed by atoms with Gasteiger partial charge >= 0.3 is 0 Å². The van der Waals surface area contributed by atoms with Crippen molar-refractivity contribution in [3.63, 3.8) is 0 Å². The van der Waals surface area contributed by atoms with Crippen LogP contribution in [-0.4, -0.2) is 25.1 Å². The van der Waals surface area contributed by atoms with E-state index in [4.69, 9.17) is 0 Å². The molecule has 0 fully saturated rings. The standard InChI is InChI=1S/C19H20N2O3S2/c1-13-5-8-15(9-6-13)26(23,24)11-3-4-18(22)21-19-20-16-10-7-14(2)12-17(16)25-19/h5-10,12H,3-4,11H2,1-2H3,(H,20,21,22). The first-order valence-electron chi connectivity index (χ1n) is 8.30. The van der Waals surface area contributed by atoms with E-state index in [0.717, 1.165) is 21.3 Å². The van der Waals surface area contributed by atoms with E-state index < -0.39 is 9.84 Å². The van der Waals surface area contributed by atoms with Crippen LogP contribution in [0.25, 0.3) is 10.2 Å². The van der Waals surface area contributed by atoms with Crippen LogP contribution in [0.5, 0.6) is 0 Å². The van der Waals surface area contributed by atoms with Gasteiger partial charge < -0.3 is 5.32 Å². The Kier molecular flexibility index (Phi) is 5.38. The van der Waals surface area contributed by atoms with Gasteiger partial charge in [-0.25, -0.2) is 13.4 Å². The van der Waals surface area contributed by atoms with Crippen molar-refractivity contribution in [2.75, 3.05) is 11.1 Å². The molecule has 2 aromatic carbocycles. The van der Waals surface area contributed by atoms with E-state index in [-0.39, 0.29) is 24.5 Å². The molecular formula is C19H20N2O3S2. The lowest BCUT2D eigenvalue weighted by atomic mass is 10.2. The summed E-state index contributed by atoms with van der Waals surface area (Å²) in [5, 5.41) is 3.30. The maximum atomic E-state index is 12.3. The fraction of sp³-hybridized carbons (Fsp3) is 0.263. The molecule has 0 aliphatic carbocycles. The molecule has 0 aliphatic heterocycles. The highest BCUT2D eigenvalue weighted by Gasteiger charge is 2.15. The monoisotopic (exact) mass is 388 g/mol. The zero-order valence-electron chi connectivity index (χ0n) is 14.7. The van der Waals surface area contributed by atoms with Crippen molar-refractivity contribution in [1.82, 2.24) is 4.98 Å². The fourth-order valence-electron chi connectivity index (χ4n) is 2.55. The molecule has 1 amide bonds. The predicted molar refractivity (Wildman–Crippen MR) is 105 cm³/mol. The van der Waals surface area contributed by atoms with Gasteiger partial charge in [-0.1, -0.05) is 35.1 Å². The molecule has 3 aromatic rings. The topological polar surface area (TPSA) is 76.1 Å². The Labute approximate surface area is 157 Å². The average Bonchev–Trinajstić information content (AvgIpc) is 2.96. The number of benzene rings is 2. The largest absolute Gasteiger partial charge is 0.302 e. The number of nitrogens with one attached hydrogen (secondary N) is 1. The van der Waals surface area contributed by atoms with Gasteiger partial charge in [0.15, 0.2) is 15.0 Å². The summed E-state index contributed by atoms with van der Waals surface area (Å²) in [5.41, 5.74) is 2.99. The van der Waals surface area contributed by atoms with Crippen molar-refractivity contribution < 1.29 is 13.2 Å². The van der Waals surface area contributed by atoms with Gasteiger partial charge in [0, 0.05) is 6.42 Å². The molecule has 0 saturated heterocycles. The van der Waals surface area contributed by atoms with Gasteiger partial charge in [0.2, 0.25) is 5.91 Å². The number of anilines is 1. The van der Waals surface area contributed by atoms with E-state index in [1.807, 2.05) is 32.0 Å². The fourth-order valence-corrected chi connectivity index (χ4v) is 4.84. The number of hydrogen-bond donors (Lipinski definition) is 1. The first kappa shape index (κ1) is 18.5. The molecule has 0 bridgehead atoms. The number of hydrogen-bond acceptors (Lipinski definition) is 5. The third kappa shape index (κ3) is 4.47. The second-order valence-electron chi connectivity index (χ2n) is 6.27. The minimum Gasteiger partial charge on any atom is -0.302 e. The van der Waals surface area contributed by atoms with Gasteiger partial charge in [0.25, 0.3) is 0 Å².